The summed E-state index contributed by atoms with van der Waals surface area (Å²) in [6.07, 6.45) is 2.11. The van der Waals surface area contributed by atoms with E-state index in [1.54, 1.807) is 27.7 Å². The Morgan fingerprint density at radius 3 is 1.29 bits per heavy atom. The molecule has 0 fully saturated rings. The van der Waals surface area contributed by atoms with E-state index < -0.39 is 23.4 Å². The SMILES string of the molecule is Cc1cccc(C)c1OCCNC(C)(C)OC(=O)/C=C\C(=O)OC(C)(C)NCCOc1c(C)cccc1C. The number of hydrogen-bond donors (Lipinski definition) is 2. The molecule has 8 nitrogen and oxygen atoms in total. The highest BCUT2D eigenvalue weighted by atomic mass is 16.6. The molecule has 2 rings (SSSR count). The molecule has 0 aliphatic rings. The molecule has 0 aromatic heterocycles. The number of rotatable bonds is 14. The first-order valence-corrected chi connectivity index (χ1v) is 12.8. The molecule has 0 bridgehead atoms. The molecule has 38 heavy (non-hydrogen) atoms. The van der Waals surface area contributed by atoms with Gasteiger partial charge in [0.05, 0.1) is 0 Å². The van der Waals surface area contributed by atoms with Gasteiger partial charge in [-0.1, -0.05) is 36.4 Å². The van der Waals surface area contributed by atoms with Crippen molar-refractivity contribution in [1.82, 2.24) is 10.6 Å². The molecule has 2 aromatic rings. The van der Waals surface area contributed by atoms with Crippen molar-refractivity contribution in [3.05, 3.63) is 70.8 Å². The Bertz CT molecular complexity index is 996. The van der Waals surface area contributed by atoms with E-state index in [-0.39, 0.29) is 0 Å². The average molecular weight is 527 g/mol. The van der Waals surface area contributed by atoms with Crippen LogP contribution in [0.5, 0.6) is 11.5 Å². The van der Waals surface area contributed by atoms with Gasteiger partial charge in [-0.2, -0.15) is 0 Å². The van der Waals surface area contributed by atoms with Gasteiger partial charge >= 0.3 is 11.9 Å². The summed E-state index contributed by atoms with van der Waals surface area (Å²) in [6, 6.07) is 12.0. The topological polar surface area (TPSA) is 95.1 Å². The Hall–Kier alpha value is -3.36. The normalized spacial score (nSPS) is 11.9. The maximum atomic E-state index is 12.3. The summed E-state index contributed by atoms with van der Waals surface area (Å²) < 4.78 is 22.6. The molecular formula is C30H42N2O6. The number of para-hydroxylation sites is 2. The van der Waals surface area contributed by atoms with Crippen LogP contribution in [-0.2, 0) is 19.1 Å². The average Bonchev–Trinajstić information content (AvgIpc) is 2.80. The molecule has 0 spiro atoms. The van der Waals surface area contributed by atoms with Gasteiger partial charge in [-0.05, 0) is 77.6 Å². The molecule has 2 N–H and O–H groups in total. The van der Waals surface area contributed by atoms with Crippen LogP contribution in [0.3, 0.4) is 0 Å². The van der Waals surface area contributed by atoms with Crippen LogP contribution in [0.15, 0.2) is 48.6 Å². The Labute approximate surface area is 226 Å². The van der Waals surface area contributed by atoms with Crippen molar-refractivity contribution in [2.45, 2.75) is 66.8 Å². The van der Waals surface area contributed by atoms with Crippen LogP contribution in [0.4, 0.5) is 0 Å². The van der Waals surface area contributed by atoms with Gasteiger partial charge in [-0.3, -0.25) is 10.6 Å². The third-order valence-electron chi connectivity index (χ3n) is 5.68. The smallest absolute Gasteiger partial charge is 0.332 e. The lowest BCUT2D eigenvalue weighted by atomic mass is 10.1. The second-order valence-corrected chi connectivity index (χ2v) is 10.2. The number of carbonyl (C=O) groups excluding carboxylic acids is 2. The third-order valence-corrected chi connectivity index (χ3v) is 5.68. The summed E-state index contributed by atoms with van der Waals surface area (Å²) in [6.45, 7) is 16.6. The second kappa shape index (κ2) is 14.0. The summed E-state index contributed by atoms with van der Waals surface area (Å²) in [5.41, 5.74) is 2.36. The van der Waals surface area contributed by atoms with Gasteiger partial charge in [0.25, 0.3) is 0 Å². The van der Waals surface area contributed by atoms with Gasteiger partial charge in [-0.25, -0.2) is 9.59 Å². The van der Waals surface area contributed by atoms with E-state index in [0.29, 0.717) is 26.3 Å². The summed E-state index contributed by atoms with van der Waals surface area (Å²) in [5.74, 6) is 0.388. The minimum Gasteiger partial charge on any atom is -0.492 e. The molecule has 0 aliphatic heterocycles. The Morgan fingerprint density at radius 1 is 0.658 bits per heavy atom. The first-order valence-electron chi connectivity index (χ1n) is 12.8. The summed E-state index contributed by atoms with van der Waals surface area (Å²) in [5, 5.41) is 6.26. The van der Waals surface area contributed by atoms with Crippen LogP contribution in [0, 0.1) is 27.7 Å². The molecule has 0 heterocycles. The first-order chi connectivity index (χ1) is 17.8. The van der Waals surface area contributed by atoms with Crippen molar-refractivity contribution in [1.29, 1.82) is 0 Å². The zero-order chi connectivity index (χ0) is 28.3. The van der Waals surface area contributed by atoms with E-state index in [1.807, 2.05) is 64.1 Å². The second-order valence-electron chi connectivity index (χ2n) is 10.2. The number of nitrogens with one attached hydrogen (secondary N) is 2. The fraction of sp³-hybridized carbons (Fsp3) is 0.467. The van der Waals surface area contributed by atoms with Crippen LogP contribution in [-0.4, -0.2) is 49.7 Å². The zero-order valence-electron chi connectivity index (χ0n) is 23.9. The Balaban J connectivity index is 1.71. The van der Waals surface area contributed by atoms with E-state index in [0.717, 1.165) is 45.9 Å². The van der Waals surface area contributed by atoms with Gasteiger partial charge < -0.3 is 18.9 Å². The zero-order valence-corrected chi connectivity index (χ0v) is 23.9. The van der Waals surface area contributed by atoms with Crippen molar-refractivity contribution in [2.75, 3.05) is 26.3 Å². The summed E-state index contributed by atoms with van der Waals surface area (Å²) >= 11 is 0. The van der Waals surface area contributed by atoms with E-state index in [4.69, 9.17) is 18.9 Å². The van der Waals surface area contributed by atoms with E-state index in [1.165, 1.54) is 0 Å². The first kappa shape index (κ1) is 30.9. The van der Waals surface area contributed by atoms with Crippen LogP contribution in [0.2, 0.25) is 0 Å². The van der Waals surface area contributed by atoms with Crippen LogP contribution in [0.1, 0.15) is 49.9 Å². The highest BCUT2D eigenvalue weighted by Gasteiger charge is 2.23. The Morgan fingerprint density at radius 2 is 0.974 bits per heavy atom. The molecule has 0 saturated heterocycles. The van der Waals surface area contributed by atoms with Crippen molar-refractivity contribution in [3.8, 4) is 11.5 Å². The molecule has 0 radical (unpaired) electrons. The summed E-state index contributed by atoms with van der Waals surface area (Å²) in [7, 11) is 0. The maximum Gasteiger partial charge on any atom is 0.332 e. The standard InChI is InChI=1S/C30H42N2O6/c1-21-11-9-12-22(2)27(21)35-19-17-31-29(5,6)37-25(33)15-16-26(34)38-30(7,8)32-18-20-36-28-23(3)13-10-14-24(28)4/h9-16,31-32H,17-20H2,1-8H3/b16-15-. The lowest BCUT2D eigenvalue weighted by molar-refractivity contribution is -0.156. The predicted molar refractivity (Wildman–Crippen MR) is 148 cm³/mol. The van der Waals surface area contributed by atoms with Crippen molar-refractivity contribution >= 4 is 11.9 Å². The van der Waals surface area contributed by atoms with Crippen LogP contribution in [0.25, 0.3) is 0 Å². The number of hydrogen-bond acceptors (Lipinski definition) is 8. The van der Waals surface area contributed by atoms with Gasteiger partial charge in [-0.15, -0.1) is 0 Å². The van der Waals surface area contributed by atoms with Crippen LogP contribution < -0.4 is 20.1 Å². The Kier molecular flexibility index (Phi) is 11.4. The van der Waals surface area contributed by atoms with Crippen molar-refractivity contribution < 1.29 is 28.5 Å². The molecule has 208 valence electrons. The van der Waals surface area contributed by atoms with Gasteiger partial charge in [0.2, 0.25) is 0 Å². The molecule has 0 amide bonds. The monoisotopic (exact) mass is 526 g/mol. The molecule has 0 atom stereocenters. The summed E-state index contributed by atoms with van der Waals surface area (Å²) in [4.78, 5) is 24.5. The van der Waals surface area contributed by atoms with Gasteiger partial charge in [0.15, 0.2) is 11.4 Å². The lowest BCUT2D eigenvalue weighted by Crippen LogP contribution is -2.45. The quantitative estimate of drug-likeness (QED) is 0.159. The van der Waals surface area contributed by atoms with E-state index >= 15 is 0 Å². The van der Waals surface area contributed by atoms with Gasteiger partial charge in [0, 0.05) is 25.2 Å². The number of carbonyl (C=O) groups is 2. The lowest BCUT2D eigenvalue weighted by Gasteiger charge is -2.26. The fourth-order valence-corrected chi connectivity index (χ4v) is 3.84. The van der Waals surface area contributed by atoms with Crippen molar-refractivity contribution in [3.63, 3.8) is 0 Å². The number of ether oxygens (including phenoxy) is 4. The van der Waals surface area contributed by atoms with E-state index in [2.05, 4.69) is 10.6 Å². The molecule has 0 unspecified atom stereocenters. The molecule has 0 saturated carbocycles. The maximum absolute atomic E-state index is 12.3. The minimum absolute atomic E-state index is 0.409. The highest BCUT2D eigenvalue weighted by Crippen LogP contribution is 2.23. The number of esters is 2. The molecule has 0 aliphatic carbocycles. The number of aryl methyl sites for hydroxylation is 4. The minimum atomic E-state index is -0.953. The largest absolute Gasteiger partial charge is 0.492 e. The third kappa shape index (κ3) is 10.6. The number of benzene rings is 2. The van der Waals surface area contributed by atoms with Gasteiger partial charge in [0.1, 0.15) is 24.7 Å². The molecular weight excluding hydrogens is 484 g/mol. The van der Waals surface area contributed by atoms with Crippen LogP contribution >= 0.6 is 0 Å². The predicted octanol–water partition coefficient (Wildman–Crippen LogP) is 4.67. The van der Waals surface area contributed by atoms with Crippen molar-refractivity contribution in [2.24, 2.45) is 0 Å². The fourth-order valence-electron chi connectivity index (χ4n) is 3.84. The highest BCUT2D eigenvalue weighted by molar-refractivity contribution is 5.91. The molecule has 2 aromatic carbocycles. The molecule has 8 heteroatoms. The van der Waals surface area contributed by atoms with E-state index in [9.17, 15) is 9.59 Å².